The molecule has 0 spiro atoms. The molecule has 0 saturated carbocycles. The highest BCUT2D eigenvalue weighted by Gasteiger charge is 2.53. The van der Waals surface area contributed by atoms with Gasteiger partial charge in [0.1, 0.15) is 29.1 Å². The first-order chi connectivity index (χ1) is 20.8. The molecular weight excluding hydrogens is 550 g/mol. The standard InChI is InChI=1S/C32H33N5O6/c1-31(40)26(39)24(18-38)43-29(31)37-19-33-25-27(37)34-30(35-28(25)42-3)36-32(20-10-6-4-7-11-20,21-12-8-5-9-13-21)22-14-16-23(41-2)17-15-22/h4-17,19,24,26,29,38-40H,18H2,1-3H3,(H,34,35,36)/t24-,26-,29-,31-/m1/s1. The zero-order chi connectivity index (χ0) is 30.2. The monoisotopic (exact) mass is 583 g/mol. The van der Waals surface area contributed by atoms with Gasteiger partial charge in [-0.1, -0.05) is 72.8 Å². The Bertz CT molecular complexity index is 1660. The third-order valence-electron chi connectivity index (χ3n) is 8.01. The molecule has 3 heterocycles. The van der Waals surface area contributed by atoms with Crippen molar-refractivity contribution in [3.8, 4) is 11.6 Å². The van der Waals surface area contributed by atoms with Gasteiger partial charge in [-0.3, -0.25) is 4.57 Å². The minimum absolute atomic E-state index is 0.202. The van der Waals surface area contributed by atoms with Crippen LogP contribution in [0.1, 0.15) is 29.8 Å². The summed E-state index contributed by atoms with van der Waals surface area (Å²) in [6.45, 7) is 0.977. The van der Waals surface area contributed by atoms with Gasteiger partial charge in [-0.15, -0.1) is 0 Å². The van der Waals surface area contributed by atoms with Crippen LogP contribution in [-0.2, 0) is 10.3 Å². The fraction of sp³-hybridized carbons (Fsp3) is 0.281. The predicted molar refractivity (Wildman–Crippen MR) is 159 cm³/mol. The van der Waals surface area contributed by atoms with Crippen molar-refractivity contribution >= 4 is 17.1 Å². The van der Waals surface area contributed by atoms with Crippen LogP contribution >= 0.6 is 0 Å². The lowest BCUT2D eigenvalue weighted by atomic mass is 9.77. The van der Waals surface area contributed by atoms with Gasteiger partial charge in [0.05, 0.1) is 27.2 Å². The molecule has 0 unspecified atom stereocenters. The number of hydrogen-bond donors (Lipinski definition) is 4. The quantitative estimate of drug-likeness (QED) is 0.191. The van der Waals surface area contributed by atoms with Gasteiger partial charge in [0.25, 0.3) is 0 Å². The van der Waals surface area contributed by atoms with Crippen LogP contribution in [0.5, 0.6) is 11.6 Å². The van der Waals surface area contributed by atoms with E-state index in [4.69, 9.17) is 24.2 Å². The molecule has 11 nitrogen and oxygen atoms in total. The average molecular weight is 584 g/mol. The summed E-state index contributed by atoms with van der Waals surface area (Å²) in [5.74, 6) is 1.13. The SMILES string of the molecule is COc1ccc(C(Nc2nc(OC)c3ncn([C@@H]4O[C@H](CO)[C@@H](O)[C@@]4(C)O)c3n2)(c2ccccc2)c2ccccc2)cc1. The van der Waals surface area contributed by atoms with E-state index in [0.717, 1.165) is 16.7 Å². The van der Waals surface area contributed by atoms with Gasteiger partial charge >= 0.3 is 0 Å². The van der Waals surface area contributed by atoms with Crippen molar-refractivity contribution in [2.75, 3.05) is 26.1 Å². The number of anilines is 1. The number of fused-ring (bicyclic) bond motifs is 1. The second-order valence-corrected chi connectivity index (χ2v) is 10.6. The van der Waals surface area contributed by atoms with E-state index in [2.05, 4.69) is 10.3 Å². The third-order valence-corrected chi connectivity index (χ3v) is 8.01. The van der Waals surface area contributed by atoms with Crippen LogP contribution in [-0.4, -0.2) is 73.5 Å². The molecule has 0 radical (unpaired) electrons. The first-order valence-corrected chi connectivity index (χ1v) is 13.8. The molecule has 1 aliphatic rings. The number of nitrogens with zero attached hydrogens (tertiary/aromatic N) is 4. The Morgan fingerprint density at radius 2 is 1.51 bits per heavy atom. The number of imidazole rings is 1. The van der Waals surface area contributed by atoms with Crippen LogP contribution in [0.25, 0.3) is 11.2 Å². The topological polar surface area (TPSA) is 144 Å². The number of aliphatic hydroxyl groups is 3. The van der Waals surface area contributed by atoms with E-state index in [0.29, 0.717) is 16.9 Å². The summed E-state index contributed by atoms with van der Waals surface area (Å²) < 4.78 is 18.5. The van der Waals surface area contributed by atoms with Crippen LogP contribution in [0.15, 0.2) is 91.3 Å². The van der Waals surface area contributed by atoms with Crippen LogP contribution in [0, 0.1) is 0 Å². The van der Waals surface area contributed by atoms with Crippen LogP contribution in [0.4, 0.5) is 5.95 Å². The molecule has 5 aromatic rings. The highest BCUT2D eigenvalue weighted by Crippen LogP contribution is 2.42. The number of methoxy groups -OCH3 is 2. The summed E-state index contributed by atoms with van der Waals surface area (Å²) >= 11 is 0. The van der Waals surface area contributed by atoms with Gasteiger partial charge in [0.15, 0.2) is 17.4 Å². The molecule has 43 heavy (non-hydrogen) atoms. The Balaban J connectivity index is 1.56. The summed E-state index contributed by atoms with van der Waals surface area (Å²) in [6, 6.07) is 27.7. The molecule has 6 rings (SSSR count). The number of aliphatic hydroxyl groups excluding tert-OH is 2. The molecule has 3 aromatic carbocycles. The summed E-state index contributed by atoms with van der Waals surface area (Å²) in [5.41, 5.74) is 0.688. The van der Waals surface area contributed by atoms with E-state index < -0.39 is 36.2 Å². The summed E-state index contributed by atoms with van der Waals surface area (Å²) in [7, 11) is 3.12. The molecule has 1 saturated heterocycles. The van der Waals surface area contributed by atoms with E-state index in [1.54, 1.807) is 7.11 Å². The predicted octanol–water partition coefficient (Wildman–Crippen LogP) is 3.25. The molecule has 0 bridgehead atoms. The Morgan fingerprint density at radius 1 is 0.907 bits per heavy atom. The molecule has 222 valence electrons. The summed E-state index contributed by atoms with van der Waals surface area (Å²) in [5, 5.41) is 35.2. The number of nitrogens with one attached hydrogen (secondary N) is 1. The van der Waals surface area contributed by atoms with Crippen molar-refractivity contribution in [1.82, 2.24) is 19.5 Å². The molecular formula is C32H33N5O6. The van der Waals surface area contributed by atoms with Gasteiger partial charge in [-0.25, -0.2) is 4.98 Å². The normalized spacial score (nSPS) is 22.0. The maximum atomic E-state index is 11.2. The fourth-order valence-electron chi connectivity index (χ4n) is 5.75. The largest absolute Gasteiger partial charge is 0.497 e. The minimum Gasteiger partial charge on any atom is -0.497 e. The smallest absolute Gasteiger partial charge is 0.246 e. The first kappa shape index (κ1) is 28.6. The highest BCUT2D eigenvalue weighted by molar-refractivity contribution is 5.78. The van der Waals surface area contributed by atoms with Gasteiger partial charge in [0, 0.05) is 0 Å². The van der Waals surface area contributed by atoms with Crippen LogP contribution in [0.2, 0.25) is 0 Å². The fourth-order valence-corrected chi connectivity index (χ4v) is 5.75. The van der Waals surface area contributed by atoms with Crippen molar-refractivity contribution in [3.63, 3.8) is 0 Å². The number of ether oxygens (including phenoxy) is 3. The lowest BCUT2D eigenvalue weighted by molar-refractivity contribution is -0.0950. The zero-order valence-corrected chi connectivity index (χ0v) is 24.0. The first-order valence-electron chi connectivity index (χ1n) is 13.8. The zero-order valence-electron chi connectivity index (χ0n) is 24.0. The van der Waals surface area contributed by atoms with Crippen molar-refractivity contribution in [2.24, 2.45) is 0 Å². The summed E-state index contributed by atoms with van der Waals surface area (Å²) in [4.78, 5) is 14.0. The second kappa shape index (κ2) is 11.3. The van der Waals surface area contributed by atoms with Gasteiger partial charge in [-0.2, -0.15) is 9.97 Å². The van der Waals surface area contributed by atoms with Crippen molar-refractivity contribution in [2.45, 2.75) is 36.5 Å². The van der Waals surface area contributed by atoms with E-state index in [-0.39, 0.29) is 11.8 Å². The molecule has 1 fully saturated rings. The van der Waals surface area contributed by atoms with Crippen molar-refractivity contribution in [1.29, 1.82) is 0 Å². The number of aromatic nitrogens is 4. The lowest BCUT2D eigenvalue weighted by Gasteiger charge is -2.37. The van der Waals surface area contributed by atoms with Crippen molar-refractivity contribution in [3.05, 3.63) is 108 Å². The molecule has 0 amide bonds. The maximum absolute atomic E-state index is 11.2. The van der Waals surface area contributed by atoms with Gasteiger partial charge < -0.3 is 34.8 Å². The van der Waals surface area contributed by atoms with E-state index in [1.807, 2.05) is 84.9 Å². The van der Waals surface area contributed by atoms with Crippen molar-refractivity contribution < 1.29 is 29.5 Å². The van der Waals surface area contributed by atoms with E-state index in [1.165, 1.54) is 24.9 Å². The molecule has 0 aliphatic carbocycles. The molecule has 1 aliphatic heterocycles. The molecule has 11 heteroatoms. The molecule has 4 atom stereocenters. The summed E-state index contributed by atoms with van der Waals surface area (Å²) in [6.07, 6.45) is -1.97. The second-order valence-electron chi connectivity index (χ2n) is 10.6. The Hall–Kier alpha value is -4.55. The number of hydrogen-bond acceptors (Lipinski definition) is 10. The number of benzene rings is 3. The van der Waals surface area contributed by atoms with Gasteiger partial charge in [0.2, 0.25) is 11.8 Å². The Labute approximate surface area is 248 Å². The van der Waals surface area contributed by atoms with Crippen LogP contribution in [0.3, 0.4) is 0 Å². The Morgan fingerprint density at radius 3 is 2.05 bits per heavy atom. The third kappa shape index (κ3) is 4.76. The molecule has 2 aromatic heterocycles. The van der Waals surface area contributed by atoms with E-state index in [9.17, 15) is 15.3 Å². The highest BCUT2D eigenvalue weighted by atomic mass is 16.6. The van der Waals surface area contributed by atoms with Gasteiger partial charge in [-0.05, 0) is 35.7 Å². The van der Waals surface area contributed by atoms with Crippen LogP contribution < -0.4 is 14.8 Å². The Kier molecular flexibility index (Phi) is 7.49. The van der Waals surface area contributed by atoms with E-state index >= 15 is 0 Å². The number of rotatable bonds is 9. The molecule has 4 N–H and O–H groups in total. The lowest BCUT2D eigenvalue weighted by Crippen LogP contribution is -2.44. The maximum Gasteiger partial charge on any atom is 0.246 e. The average Bonchev–Trinajstić information content (AvgIpc) is 3.57. The minimum atomic E-state index is -1.74.